The predicted octanol–water partition coefficient (Wildman–Crippen LogP) is 3.08. The van der Waals surface area contributed by atoms with Gasteiger partial charge >= 0.3 is 12.0 Å². The Morgan fingerprint density at radius 2 is 1.94 bits per heavy atom. The summed E-state index contributed by atoms with van der Waals surface area (Å²) in [7, 11) is 1.37. The van der Waals surface area contributed by atoms with Crippen molar-refractivity contribution in [2.75, 3.05) is 19.0 Å². The Hall–Kier alpha value is -3.72. The number of amides is 3. The minimum absolute atomic E-state index is 0.0477. The Morgan fingerprint density at radius 3 is 2.58 bits per heavy atom. The van der Waals surface area contributed by atoms with Crippen LogP contribution < -0.4 is 25.4 Å². The van der Waals surface area contributed by atoms with Crippen LogP contribution in [0.2, 0.25) is 5.02 Å². The molecule has 3 rings (SSSR count). The summed E-state index contributed by atoms with van der Waals surface area (Å²) in [6.07, 6.45) is 0. The van der Waals surface area contributed by atoms with Crippen molar-refractivity contribution < 1.29 is 29.0 Å². The van der Waals surface area contributed by atoms with Crippen molar-refractivity contribution in [1.29, 1.82) is 0 Å². The molecule has 2 aromatic rings. The fraction of sp³-hybridized carbons (Fsp3) is 0.190. The molecule has 1 heterocycles. The van der Waals surface area contributed by atoms with Gasteiger partial charge in [-0.05, 0) is 36.8 Å². The summed E-state index contributed by atoms with van der Waals surface area (Å²) in [4.78, 5) is 36.0. The van der Waals surface area contributed by atoms with Crippen LogP contribution in [0.4, 0.5) is 10.5 Å². The van der Waals surface area contributed by atoms with E-state index in [1.165, 1.54) is 19.2 Å². The van der Waals surface area contributed by atoms with Crippen LogP contribution in [0.15, 0.2) is 53.7 Å². The molecule has 0 unspecified atom stereocenters. The number of carbonyl (C=O) groups excluding carboxylic acids is 2. The lowest BCUT2D eigenvalue weighted by Gasteiger charge is -2.29. The van der Waals surface area contributed by atoms with E-state index in [-0.39, 0.29) is 22.1 Å². The number of hydrogen-bond donors (Lipinski definition) is 4. The van der Waals surface area contributed by atoms with Gasteiger partial charge in [0.05, 0.1) is 23.7 Å². The summed E-state index contributed by atoms with van der Waals surface area (Å²) >= 11 is 6.30. The van der Waals surface area contributed by atoms with Crippen molar-refractivity contribution in [1.82, 2.24) is 10.6 Å². The molecule has 4 N–H and O–H groups in total. The molecular weight excluding hydrogens is 426 g/mol. The lowest BCUT2D eigenvalue weighted by Crippen LogP contribution is -2.46. The number of aliphatic carboxylic acids is 1. The van der Waals surface area contributed by atoms with E-state index in [4.69, 9.17) is 26.2 Å². The lowest BCUT2D eigenvalue weighted by molar-refractivity contribution is -0.139. The molecule has 9 nitrogen and oxygen atoms in total. The highest BCUT2D eigenvalue weighted by molar-refractivity contribution is 6.32. The predicted molar refractivity (Wildman–Crippen MR) is 113 cm³/mol. The molecule has 1 aliphatic heterocycles. The van der Waals surface area contributed by atoms with Crippen LogP contribution in [-0.2, 0) is 9.59 Å². The summed E-state index contributed by atoms with van der Waals surface area (Å²) in [6, 6.07) is 10.6. The molecule has 0 spiro atoms. The Labute approximate surface area is 183 Å². The first kappa shape index (κ1) is 22.0. The number of hydrogen-bond acceptors (Lipinski definition) is 5. The van der Waals surface area contributed by atoms with Crippen LogP contribution in [-0.4, -0.2) is 36.7 Å². The number of anilines is 1. The number of carboxylic acid groups (broad SMARTS) is 1. The van der Waals surface area contributed by atoms with Crippen molar-refractivity contribution in [2.24, 2.45) is 0 Å². The number of ether oxygens (including phenoxy) is 2. The molecule has 10 heteroatoms. The number of halogens is 1. The van der Waals surface area contributed by atoms with Crippen LogP contribution in [0, 0.1) is 0 Å². The average Bonchev–Trinajstić information content (AvgIpc) is 2.72. The molecule has 0 saturated carbocycles. The fourth-order valence-corrected chi connectivity index (χ4v) is 3.42. The molecule has 1 atom stereocenters. The number of nitrogens with one attached hydrogen (secondary N) is 3. The Morgan fingerprint density at radius 1 is 1.23 bits per heavy atom. The maximum Gasteiger partial charge on any atom is 0.341 e. The molecule has 0 aliphatic carbocycles. The van der Waals surface area contributed by atoms with Gasteiger partial charge in [-0.3, -0.25) is 4.79 Å². The van der Waals surface area contributed by atoms with E-state index in [0.717, 1.165) is 0 Å². The van der Waals surface area contributed by atoms with Crippen molar-refractivity contribution in [3.05, 3.63) is 64.3 Å². The highest BCUT2D eigenvalue weighted by Crippen LogP contribution is 2.40. The van der Waals surface area contributed by atoms with Crippen molar-refractivity contribution in [3.63, 3.8) is 0 Å². The van der Waals surface area contributed by atoms with Crippen molar-refractivity contribution in [3.8, 4) is 11.5 Å². The first-order valence-corrected chi connectivity index (χ1v) is 9.54. The minimum atomic E-state index is -1.17. The van der Waals surface area contributed by atoms with Gasteiger partial charge in [0.25, 0.3) is 5.91 Å². The summed E-state index contributed by atoms with van der Waals surface area (Å²) in [5.74, 6) is -1.38. The molecule has 0 aromatic heterocycles. The first-order chi connectivity index (χ1) is 14.8. The van der Waals surface area contributed by atoms with Crippen LogP contribution >= 0.6 is 11.6 Å². The first-order valence-electron chi connectivity index (χ1n) is 9.17. The van der Waals surface area contributed by atoms with Gasteiger partial charge < -0.3 is 30.5 Å². The van der Waals surface area contributed by atoms with Gasteiger partial charge in [0.15, 0.2) is 18.1 Å². The number of methoxy groups -OCH3 is 1. The fourth-order valence-electron chi connectivity index (χ4n) is 3.15. The Kier molecular flexibility index (Phi) is 6.66. The van der Waals surface area contributed by atoms with E-state index < -0.39 is 30.6 Å². The molecule has 2 aromatic carbocycles. The molecule has 0 saturated heterocycles. The number of allylic oxidation sites excluding steroid dienone is 1. The molecule has 31 heavy (non-hydrogen) atoms. The van der Waals surface area contributed by atoms with E-state index in [1.807, 2.05) is 6.07 Å². The number of rotatable bonds is 7. The highest BCUT2D eigenvalue weighted by atomic mass is 35.5. The second-order valence-corrected chi connectivity index (χ2v) is 7.01. The number of carbonyl (C=O) groups is 3. The average molecular weight is 446 g/mol. The van der Waals surface area contributed by atoms with E-state index in [2.05, 4.69) is 16.0 Å². The molecule has 162 valence electrons. The topological polar surface area (TPSA) is 126 Å². The van der Waals surface area contributed by atoms with E-state index >= 15 is 0 Å². The molecule has 3 amide bonds. The molecule has 1 aliphatic rings. The van der Waals surface area contributed by atoms with Crippen molar-refractivity contribution in [2.45, 2.75) is 13.0 Å². The third-order valence-electron chi connectivity index (χ3n) is 4.47. The third-order valence-corrected chi connectivity index (χ3v) is 4.75. The van der Waals surface area contributed by atoms with E-state index in [9.17, 15) is 14.4 Å². The molecule has 0 bridgehead atoms. The van der Waals surface area contributed by atoms with Gasteiger partial charge in [-0.1, -0.05) is 29.8 Å². The SMILES string of the molecule is COc1cc([C@@H]2NC(=O)NC(C)=C2C(=O)Nc2ccccc2)cc(Cl)c1OCC(=O)O. The van der Waals surface area contributed by atoms with Crippen molar-refractivity contribution >= 4 is 35.2 Å². The summed E-state index contributed by atoms with van der Waals surface area (Å²) in [5.41, 5.74) is 1.71. The lowest BCUT2D eigenvalue weighted by atomic mass is 9.94. The molecular formula is C21H20ClN3O6. The minimum Gasteiger partial charge on any atom is -0.493 e. The number of carboxylic acids is 1. The highest BCUT2D eigenvalue weighted by Gasteiger charge is 2.32. The van der Waals surface area contributed by atoms with Crippen LogP contribution in [0.5, 0.6) is 11.5 Å². The number of urea groups is 1. The van der Waals surface area contributed by atoms with Gasteiger partial charge in [-0.2, -0.15) is 0 Å². The summed E-state index contributed by atoms with van der Waals surface area (Å²) < 4.78 is 10.5. The van der Waals surface area contributed by atoms with Crippen LogP contribution in [0.3, 0.4) is 0 Å². The second-order valence-electron chi connectivity index (χ2n) is 6.61. The standard InChI is InChI=1S/C21H20ClN3O6/c1-11-17(20(28)24-13-6-4-3-5-7-13)18(25-21(29)23-11)12-8-14(22)19(15(9-12)30-2)31-10-16(26)27/h3-9,18H,10H2,1-2H3,(H,24,28)(H,26,27)(H2,23,25,29)/t18-/m0/s1. The normalized spacial score (nSPS) is 15.6. The van der Waals surface area contributed by atoms with Gasteiger partial charge in [0.2, 0.25) is 0 Å². The quantitative estimate of drug-likeness (QED) is 0.519. The van der Waals surface area contributed by atoms with Gasteiger partial charge in [-0.15, -0.1) is 0 Å². The summed E-state index contributed by atoms with van der Waals surface area (Å²) in [6.45, 7) is 1.01. The van der Waals surface area contributed by atoms with Gasteiger partial charge in [0, 0.05) is 11.4 Å². The molecule has 0 fully saturated rings. The van der Waals surface area contributed by atoms with Crippen LogP contribution in [0.25, 0.3) is 0 Å². The number of para-hydroxylation sites is 1. The zero-order valence-electron chi connectivity index (χ0n) is 16.7. The molecule has 0 radical (unpaired) electrons. The zero-order chi connectivity index (χ0) is 22.5. The van der Waals surface area contributed by atoms with Gasteiger partial charge in [0.1, 0.15) is 0 Å². The smallest absolute Gasteiger partial charge is 0.341 e. The Balaban J connectivity index is 1.99. The van der Waals surface area contributed by atoms with Crippen LogP contribution in [0.1, 0.15) is 18.5 Å². The Bertz CT molecular complexity index is 1050. The number of benzene rings is 2. The largest absolute Gasteiger partial charge is 0.493 e. The monoisotopic (exact) mass is 445 g/mol. The maximum absolute atomic E-state index is 13.0. The van der Waals surface area contributed by atoms with E-state index in [0.29, 0.717) is 16.9 Å². The third kappa shape index (κ3) is 5.07. The summed E-state index contributed by atoms with van der Waals surface area (Å²) in [5, 5.41) is 17.0. The van der Waals surface area contributed by atoms with E-state index in [1.54, 1.807) is 31.2 Å². The zero-order valence-corrected chi connectivity index (χ0v) is 17.4. The second kappa shape index (κ2) is 9.40. The maximum atomic E-state index is 13.0. The van der Waals surface area contributed by atoms with Gasteiger partial charge in [-0.25, -0.2) is 9.59 Å².